The fourth-order valence-corrected chi connectivity index (χ4v) is 6.36. The summed E-state index contributed by atoms with van der Waals surface area (Å²) in [6.45, 7) is 5.02. The van der Waals surface area contributed by atoms with Crippen LogP contribution >= 0.6 is 0 Å². The normalized spacial score (nSPS) is 12.8. The van der Waals surface area contributed by atoms with Crippen molar-refractivity contribution in [2.75, 3.05) is 38.9 Å². The van der Waals surface area contributed by atoms with E-state index in [0.717, 1.165) is 76.7 Å². The maximum atomic E-state index is 12.8. The first-order valence-electron chi connectivity index (χ1n) is 18.7. The van der Waals surface area contributed by atoms with E-state index in [0.29, 0.717) is 48.7 Å². The highest BCUT2D eigenvalue weighted by Gasteiger charge is 2.25. The van der Waals surface area contributed by atoms with Crippen LogP contribution in [0.2, 0.25) is 0 Å². The topological polar surface area (TPSA) is 173 Å². The van der Waals surface area contributed by atoms with E-state index in [1.165, 1.54) is 0 Å². The third-order valence-electron chi connectivity index (χ3n) is 8.00. The number of sulfonamides is 2. The third-order valence-corrected chi connectivity index (χ3v) is 9.15. The summed E-state index contributed by atoms with van der Waals surface area (Å²) in [7, 11) is -7.52. The van der Waals surface area contributed by atoms with Gasteiger partial charge in [-0.3, -0.25) is 19.0 Å². The van der Waals surface area contributed by atoms with Gasteiger partial charge < -0.3 is 23.7 Å². The first kappa shape index (κ1) is 45.6. The summed E-state index contributed by atoms with van der Waals surface area (Å²) in [6, 6.07) is 13.7. The largest absolute Gasteiger partial charge is 0.487 e. The number of hydrogen-bond acceptors (Lipinski definition) is 11. The smallest absolute Gasteiger partial charge is 0.274 e. The van der Waals surface area contributed by atoms with Crippen molar-refractivity contribution in [3.63, 3.8) is 0 Å². The van der Waals surface area contributed by atoms with Gasteiger partial charge in [0, 0.05) is 0 Å². The number of carbonyl (C=O) groups excluding carboxylic acids is 2. The standard InChI is InChI=1S/C38H60N2O11S2/c1-5-7-9-11-13-15-25-35(37(41)39-52(3,43)44)50-33-23-19-17-21-31(33)48-29-27-47-28-30-49-32-22-18-20-24-34(32)51-36(38(42)40-53(4,45)46)26-16-14-12-10-8-6-2/h17-24,35-36H,5-16,25-30H2,1-4H3,(H,39,41)(H,40,42). The van der Waals surface area contributed by atoms with Crippen LogP contribution in [0.1, 0.15) is 104 Å². The molecule has 15 heteroatoms. The van der Waals surface area contributed by atoms with Crippen LogP contribution in [0.25, 0.3) is 0 Å². The molecule has 53 heavy (non-hydrogen) atoms. The van der Waals surface area contributed by atoms with Gasteiger partial charge >= 0.3 is 0 Å². The molecule has 2 aromatic rings. The van der Waals surface area contributed by atoms with Crippen molar-refractivity contribution in [3.8, 4) is 23.0 Å². The molecule has 2 unspecified atom stereocenters. The van der Waals surface area contributed by atoms with Gasteiger partial charge in [0.05, 0.1) is 25.7 Å². The van der Waals surface area contributed by atoms with Gasteiger partial charge in [0.25, 0.3) is 11.8 Å². The molecule has 0 aliphatic heterocycles. The van der Waals surface area contributed by atoms with Crippen LogP contribution < -0.4 is 28.4 Å². The van der Waals surface area contributed by atoms with Crippen LogP contribution in [0.5, 0.6) is 23.0 Å². The molecule has 2 amide bonds. The van der Waals surface area contributed by atoms with Crippen molar-refractivity contribution in [3.05, 3.63) is 48.5 Å². The molecule has 0 aromatic heterocycles. The maximum Gasteiger partial charge on any atom is 0.274 e. The first-order valence-corrected chi connectivity index (χ1v) is 22.5. The monoisotopic (exact) mass is 784 g/mol. The van der Waals surface area contributed by atoms with Gasteiger partial charge in [-0.15, -0.1) is 0 Å². The molecule has 2 atom stereocenters. The minimum Gasteiger partial charge on any atom is -0.487 e. The Hall–Kier alpha value is -3.56. The number of amides is 2. The lowest BCUT2D eigenvalue weighted by atomic mass is 10.1. The fourth-order valence-electron chi connectivity index (χ4n) is 5.37. The Balaban J connectivity index is 1.90. The van der Waals surface area contributed by atoms with E-state index >= 15 is 0 Å². The van der Waals surface area contributed by atoms with E-state index in [-0.39, 0.29) is 26.4 Å². The highest BCUT2D eigenvalue weighted by atomic mass is 32.2. The number of rotatable bonds is 30. The summed E-state index contributed by atoms with van der Waals surface area (Å²) in [4.78, 5) is 25.6. The summed E-state index contributed by atoms with van der Waals surface area (Å²) in [6.07, 6.45) is 12.6. The number of nitrogens with one attached hydrogen (secondary N) is 2. The van der Waals surface area contributed by atoms with Gasteiger partial charge in [-0.2, -0.15) is 0 Å². The minimum absolute atomic E-state index is 0.160. The van der Waals surface area contributed by atoms with Crippen LogP contribution in [0.15, 0.2) is 48.5 Å². The Bertz CT molecular complexity index is 1450. The number of hydrogen-bond donors (Lipinski definition) is 2. The van der Waals surface area contributed by atoms with Crippen molar-refractivity contribution in [2.45, 2.75) is 116 Å². The summed E-state index contributed by atoms with van der Waals surface area (Å²) in [5.74, 6) is -0.0598. The SMILES string of the molecule is CCCCCCCCC(Oc1ccccc1OCCOCCOc1ccccc1OC(CCCCCCCC)C(=O)NS(C)(=O)=O)C(=O)NS(C)(=O)=O. The zero-order valence-electron chi connectivity index (χ0n) is 31.8. The second-order valence-electron chi connectivity index (χ2n) is 13.0. The molecule has 0 spiro atoms. The second-order valence-corrected chi connectivity index (χ2v) is 16.5. The molecule has 0 aliphatic rings. The lowest BCUT2D eigenvalue weighted by Crippen LogP contribution is -2.41. The molecule has 0 saturated heterocycles. The van der Waals surface area contributed by atoms with E-state index in [2.05, 4.69) is 13.8 Å². The molecule has 13 nitrogen and oxygen atoms in total. The fraction of sp³-hybridized carbons (Fsp3) is 0.632. The zero-order valence-corrected chi connectivity index (χ0v) is 33.4. The van der Waals surface area contributed by atoms with Crippen LogP contribution in [0.3, 0.4) is 0 Å². The van der Waals surface area contributed by atoms with E-state index in [1.54, 1.807) is 48.5 Å². The molecular weight excluding hydrogens is 725 g/mol. The predicted molar refractivity (Wildman–Crippen MR) is 205 cm³/mol. The Morgan fingerprint density at radius 1 is 0.528 bits per heavy atom. The van der Waals surface area contributed by atoms with Crippen LogP contribution in [0, 0.1) is 0 Å². The number of ether oxygens (including phenoxy) is 5. The van der Waals surface area contributed by atoms with Crippen molar-refractivity contribution in [1.82, 2.24) is 9.44 Å². The minimum atomic E-state index is -3.76. The zero-order chi connectivity index (χ0) is 39.0. The number of para-hydroxylation sites is 4. The van der Waals surface area contributed by atoms with E-state index in [1.807, 2.05) is 9.44 Å². The van der Waals surface area contributed by atoms with Crippen molar-refractivity contribution in [1.29, 1.82) is 0 Å². The maximum absolute atomic E-state index is 12.8. The van der Waals surface area contributed by atoms with Crippen LogP contribution in [-0.2, 0) is 34.4 Å². The molecule has 0 heterocycles. The molecule has 0 aliphatic carbocycles. The molecule has 0 radical (unpaired) electrons. The lowest BCUT2D eigenvalue weighted by Gasteiger charge is -2.20. The Labute approximate surface area is 316 Å². The summed E-state index contributed by atoms with van der Waals surface area (Å²) in [5, 5.41) is 0. The van der Waals surface area contributed by atoms with Gasteiger partial charge in [0.15, 0.2) is 35.2 Å². The predicted octanol–water partition coefficient (Wildman–Crippen LogP) is 6.31. The molecule has 2 rings (SSSR count). The second kappa shape index (κ2) is 25.5. The summed E-state index contributed by atoms with van der Waals surface area (Å²) < 4.78 is 80.6. The third kappa shape index (κ3) is 21.1. The summed E-state index contributed by atoms with van der Waals surface area (Å²) >= 11 is 0. The first-order chi connectivity index (χ1) is 25.3. The molecule has 0 fully saturated rings. The molecule has 2 N–H and O–H groups in total. The Morgan fingerprint density at radius 2 is 0.868 bits per heavy atom. The van der Waals surface area contributed by atoms with Gasteiger partial charge in [-0.05, 0) is 49.9 Å². The number of carbonyl (C=O) groups is 2. The average molecular weight is 785 g/mol. The van der Waals surface area contributed by atoms with Crippen molar-refractivity contribution in [2.24, 2.45) is 0 Å². The highest BCUT2D eigenvalue weighted by Crippen LogP contribution is 2.30. The van der Waals surface area contributed by atoms with Gasteiger partial charge in [-0.25, -0.2) is 16.8 Å². The number of benzene rings is 2. The molecule has 300 valence electrons. The molecule has 0 saturated carbocycles. The van der Waals surface area contributed by atoms with E-state index in [9.17, 15) is 26.4 Å². The van der Waals surface area contributed by atoms with Gasteiger partial charge in [0.1, 0.15) is 13.2 Å². The molecule has 0 bridgehead atoms. The number of unbranched alkanes of at least 4 members (excludes halogenated alkanes) is 10. The molecular formula is C38H60N2O11S2. The van der Waals surface area contributed by atoms with Crippen molar-refractivity contribution < 1.29 is 50.1 Å². The van der Waals surface area contributed by atoms with E-state index in [4.69, 9.17) is 23.7 Å². The van der Waals surface area contributed by atoms with Gasteiger partial charge in [0.2, 0.25) is 20.0 Å². The van der Waals surface area contributed by atoms with Crippen LogP contribution in [-0.4, -0.2) is 79.8 Å². The average Bonchev–Trinajstić information content (AvgIpc) is 3.09. The van der Waals surface area contributed by atoms with Gasteiger partial charge in [-0.1, -0.05) is 102 Å². The molecule has 2 aromatic carbocycles. The van der Waals surface area contributed by atoms with E-state index < -0.39 is 44.1 Å². The Kier molecular flexibility index (Phi) is 21.9. The summed E-state index contributed by atoms with van der Waals surface area (Å²) in [5.41, 5.74) is 0. The Morgan fingerprint density at radius 3 is 1.23 bits per heavy atom. The van der Waals surface area contributed by atoms with Crippen molar-refractivity contribution >= 4 is 31.9 Å². The highest BCUT2D eigenvalue weighted by molar-refractivity contribution is 7.89. The lowest BCUT2D eigenvalue weighted by molar-refractivity contribution is -0.127. The quantitative estimate of drug-likeness (QED) is 0.0851. The van der Waals surface area contributed by atoms with Crippen LogP contribution in [0.4, 0.5) is 0 Å².